The van der Waals surface area contributed by atoms with E-state index in [1.54, 1.807) is 11.3 Å². The van der Waals surface area contributed by atoms with Gasteiger partial charge in [0.1, 0.15) is 10.8 Å². The number of nitrogens with zero attached hydrogens (tertiary/aromatic N) is 1. The summed E-state index contributed by atoms with van der Waals surface area (Å²) in [5.41, 5.74) is 1.87. The smallest absolute Gasteiger partial charge is 0.226 e. The van der Waals surface area contributed by atoms with Crippen LogP contribution in [0, 0.1) is 0 Å². The third-order valence-electron chi connectivity index (χ3n) is 4.41. The third-order valence-corrected chi connectivity index (χ3v) is 5.35. The maximum absolute atomic E-state index is 12.3. The molecule has 0 spiro atoms. The quantitative estimate of drug-likeness (QED) is 0.832. The van der Waals surface area contributed by atoms with Crippen LogP contribution in [-0.4, -0.2) is 36.1 Å². The van der Waals surface area contributed by atoms with E-state index in [-0.39, 0.29) is 11.9 Å². The van der Waals surface area contributed by atoms with Gasteiger partial charge in [-0.2, -0.15) is 0 Å². The highest BCUT2D eigenvalue weighted by Crippen LogP contribution is 2.26. The number of amides is 1. The first kappa shape index (κ1) is 17.9. The fourth-order valence-corrected chi connectivity index (χ4v) is 3.87. The summed E-state index contributed by atoms with van der Waals surface area (Å²) < 4.78 is 5.46. The fourth-order valence-electron chi connectivity index (χ4n) is 3.04. The van der Waals surface area contributed by atoms with E-state index < -0.39 is 0 Å². The predicted octanol–water partition coefficient (Wildman–Crippen LogP) is 3.01. The molecule has 1 aromatic heterocycles. The van der Waals surface area contributed by atoms with Gasteiger partial charge in [-0.3, -0.25) is 4.79 Å². The van der Waals surface area contributed by atoms with E-state index in [4.69, 9.17) is 4.74 Å². The van der Waals surface area contributed by atoms with E-state index in [1.807, 2.05) is 36.6 Å². The zero-order chi connectivity index (χ0) is 17.6. The average Bonchev–Trinajstić information content (AvgIpc) is 3.06. The van der Waals surface area contributed by atoms with Crippen molar-refractivity contribution in [1.82, 2.24) is 15.6 Å². The summed E-state index contributed by atoms with van der Waals surface area (Å²) in [7, 11) is 0. The molecule has 0 radical (unpaired) electrons. The van der Waals surface area contributed by atoms with Gasteiger partial charge < -0.3 is 15.4 Å². The van der Waals surface area contributed by atoms with Gasteiger partial charge in [0.15, 0.2) is 0 Å². The minimum Gasteiger partial charge on any atom is -0.494 e. The van der Waals surface area contributed by atoms with E-state index >= 15 is 0 Å². The van der Waals surface area contributed by atoms with Crippen molar-refractivity contribution in [2.75, 3.05) is 13.2 Å². The number of benzene rings is 1. The van der Waals surface area contributed by atoms with Crippen molar-refractivity contribution in [3.8, 4) is 16.3 Å². The molecule has 2 N–H and O–H groups in total. The fraction of sp³-hybridized carbons (Fsp3) is 0.474. The van der Waals surface area contributed by atoms with Gasteiger partial charge in [0.25, 0.3) is 0 Å². The average molecular weight is 359 g/mol. The van der Waals surface area contributed by atoms with Gasteiger partial charge in [-0.15, -0.1) is 11.3 Å². The Bertz CT molecular complexity index is 699. The Morgan fingerprint density at radius 2 is 2.20 bits per heavy atom. The summed E-state index contributed by atoms with van der Waals surface area (Å²) in [6.07, 6.45) is 2.47. The van der Waals surface area contributed by atoms with Gasteiger partial charge in [0.05, 0.1) is 18.7 Å². The number of thiazole rings is 1. The van der Waals surface area contributed by atoms with E-state index in [0.29, 0.717) is 19.1 Å². The maximum Gasteiger partial charge on any atom is 0.226 e. The van der Waals surface area contributed by atoms with Gasteiger partial charge in [0, 0.05) is 23.0 Å². The van der Waals surface area contributed by atoms with Crippen molar-refractivity contribution in [3.63, 3.8) is 0 Å². The number of hydrogen-bond acceptors (Lipinski definition) is 5. The lowest BCUT2D eigenvalue weighted by molar-refractivity contribution is -0.121. The topological polar surface area (TPSA) is 63.2 Å². The monoisotopic (exact) mass is 359 g/mol. The molecule has 2 unspecified atom stereocenters. The van der Waals surface area contributed by atoms with Gasteiger partial charge >= 0.3 is 0 Å². The second-order valence-electron chi connectivity index (χ2n) is 6.34. The Hall–Kier alpha value is -1.92. The summed E-state index contributed by atoms with van der Waals surface area (Å²) in [5.74, 6) is 0.904. The second kappa shape index (κ2) is 8.45. The zero-order valence-electron chi connectivity index (χ0n) is 14.7. The van der Waals surface area contributed by atoms with Crippen LogP contribution in [0.25, 0.3) is 10.6 Å². The van der Waals surface area contributed by atoms with Crippen LogP contribution in [0.15, 0.2) is 29.6 Å². The summed E-state index contributed by atoms with van der Waals surface area (Å²) >= 11 is 1.57. The molecular weight excluding hydrogens is 334 g/mol. The van der Waals surface area contributed by atoms with Crippen molar-refractivity contribution < 1.29 is 9.53 Å². The van der Waals surface area contributed by atoms with Crippen molar-refractivity contribution in [3.05, 3.63) is 35.3 Å². The summed E-state index contributed by atoms with van der Waals surface area (Å²) in [6.45, 7) is 5.78. The third kappa shape index (κ3) is 4.80. The number of nitrogens with one attached hydrogen (secondary N) is 2. The van der Waals surface area contributed by atoms with Gasteiger partial charge in [-0.05, 0) is 57.5 Å². The van der Waals surface area contributed by atoms with Crippen LogP contribution in [0.1, 0.15) is 32.4 Å². The van der Waals surface area contributed by atoms with Crippen molar-refractivity contribution in [2.24, 2.45) is 0 Å². The molecule has 1 aliphatic heterocycles. The highest BCUT2D eigenvalue weighted by Gasteiger charge is 2.22. The molecule has 1 amide bonds. The van der Waals surface area contributed by atoms with E-state index in [0.717, 1.165) is 41.4 Å². The standard InChI is InChI=1S/C19H25N3O2S/c1-3-24-16-8-6-14(7-9-16)19-21-15(12-25-19)11-18(23)22-17-5-4-10-20-13(17)2/h6-9,12-13,17,20H,3-5,10-11H2,1-2H3,(H,22,23). The molecule has 2 aromatic rings. The maximum atomic E-state index is 12.3. The number of rotatable bonds is 6. The summed E-state index contributed by atoms with van der Waals surface area (Å²) in [6, 6.07) is 8.44. The highest BCUT2D eigenvalue weighted by atomic mass is 32.1. The molecular formula is C19H25N3O2S. The lowest BCUT2D eigenvalue weighted by Gasteiger charge is -2.30. The number of hydrogen-bond donors (Lipinski definition) is 2. The number of carbonyl (C=O) groups excluding carboxylic acids is 1. The SMILES string of the molecule is CCOc1ccc(-c2nc(CC(=O)NC3CCCNC3C)cs2)cc1. The molecule has 3 rings (SSSR count). The van der Waals surface area contributed by atoms with Gasteiger partial charge in [0.2, 0.25) is 5.91 Å². The molecule has 5 nitrogen and oxygen atoms in total. The normalized spacial score (nSPS) is 20.2. The van der Waals surface area contributed by atoms with Crippen LogP contribution in [0.3, 0.4) is 0 Å². The molecule has 2 heterocycles. The number of aromatic nitrogens is 1. The van der Waals surface area contributed by atoms with Gasteiger partial charge in [-0.1, -0.05) is 0 Å². The van der Waals surface area contributed by atoms with Gasteiger partial charge in [-0.25, -0.2) is 4.98 Å². The van der Waals surface area contributed by atoms with Crippen molar-refractivity contribution in [1.29, 1.82) is 0 Å². The lowest BCUT2D eigenvalue weighted by atomic mass is 10.00. The molecule has 0 saturated carbocycles. The molecule has 1 aliphatic rings. The zero-order valence-corrected chi connectivity index (χ0v) is 15.6. The predicted molar refractivity (Wildman–Crippen MR) is 101 cm³/mol. The van der Waals surface area contributed by atoms with Crippen molar-refractivity contribution >= 4 is 17.2 Å². The molecule has 1 saturated heterocycles. The van der Waals surface area contributed by atoms with E-state index in [2.05, 4.69) is 22.5 Å². The minimum absolute atomic E-state index is 0.0455. The molecule has 1 fully saturated rings. The van der Waals surface area contributed by atoms with Crippen LogP contribution in [-0.2, 0) is 11.2 Å². The van der Waals surface area contributed by atoms with E-state index in [1.165, 1.54) is 0 Å². The molecule has 6 heteroatoms. The second-order valence-corrected chi connectivity index (χ2v) is 7.20. The highest BCUT2D eigenvalue weighted by molar-refractivity contribution is 7.13. The van der Waals surface area contributed by atoms with Crippen LogP contribution < -0.4 is 15.4 Å². The van der Waals surface area contributed by atoms with Crippen LogP contribution in [0.4, 0.5) is 0 Å². The van der Waals surface area contributed by atoms with Crippen LogP contribution in [0.5, 0.6) is 5.75 Å². The van der Waals surface area contributed by atoms with Crippen LogP contribution in [0.2, 0.25) is 0 Å². The first-order valence-corrected chi connectivity index (χ1v) is 9.74. The molecule has 25 heavy (non-hydrogen) atoms. The first-order chi connectivity index (χ1) is 12.2. The Morgan fingerprint density at radius 1 is 1.40 bits per heavy atom. The minimum atomic E-state index is 0.0455. The molecule has 0 bridgehead atoms. The summed E-state index contributed by atoms with van der Waals surface area (Å²) in [4.78, 5) is 16.9. The van der Waals surface area contributed by atoms with Crippen LogP contribution >= 0.6 is 11.3 Å². The number of carbonyl (C=O) groups is 1. The molecule has 134 valence electrons. The number of ether oxygens (including phenoxy) is 1. The molecule has 1 aromatic carbocycles. The summed E-state index contributed by atoms with van der Waals surface area (Å²) in [5, 5.41) is 9.43. The first-order valence-electron chi connectivity index (χ1n) is 8.86. The Labute approximate surface area is 152 Å². The number of piperidine rings is 1. The molecule has 0 aliphatic carbocycles. The van der Waals surface area contributed by atoms with E-state index in [9.17, 15) is 4.79 Å². The Kier molecular flexibility index (Phi) is 6.04. The Morgan fingerprint density at radius 3 is 2.92 bits per heavy atom. The lowest BCUT2D eigenvalue weighted by Crippen LogP contribution is -2.52. The largest absolute Gasteiger partial charge is 0.494 e. The van der Waals surface area contributed by atoms with Crippen molar-refractivity contribution in [2.45, 2.75) is 45.2 Å². The molecule has 2 atom stereocenters. The Balaban J connectivity index is 1.58.